The molecule has 1 aromatic rings. The van der Waals surface area contributed by atoms with Crippen LogP contribution in [0.4, 0.5) is 0 Å². The summed E-state index contributed by atoms with van der Waals surface area (Å²) in [5, 5.41) is 4.21. The Bertz CT molecular complexity index is 409. The Hall–Kier alpha value is -1.46. The van der Waals surface area contributed by atoms with Gasteiger partial charge in [-0.25, -0.2) is 5.43 Å². The average molecular weight is 261 g/mol. The molecule has 0 aliphatic rings. The maximum Gasteiger partial charge on any atom is 0.244 e. The number of benzene rings is 1. The Labute approximate surface area is 102 Å². The first-order chi connectivity index (χ1) is 7.50. The first-order valence-electron chi connectivity index (χ1n) is 4.31. The summed E-state index contributed by atoms with van der Waals surface area (Å²) < 4.78 is 0. The Morgan fingerprint density at radius 1 is 1.31 bits per heavy atom. The number of nitrogens with zero attached hydrogens (tertiary/aromatic N) is 1. The minimum atomic E-state index is -0.400. The molecule has 7 heteroatoms. The van der Waals surface area contributed by atoms with Gasteiger partial charge in [0.05, 0.1) is 6.42 Å². The van der Waals surface area contributed by atoms with Crippen LogP contribution in [-0.4, -0.2) is 11.9 Å². The molecule has 0 aliphatic carbocycles. The fourth-order valence-electron chi connectivity index (χ4n) is 1.03. The quantitative estimate of drug-likeness (QED) is 0.427. The van der Waals surface area contributed by atoms with Crippen LogP contribution in [-0.2, 0) is 11.2 Å². The molecule has 0 radical (unpaired) electrons. The summed E-state index contributed by atoms with van der Waals surface area (Å²) in [7, 11) is 0. The third-order valence-corrected chi connectivity index (χ3v) is 2.42. The molecule has 16 heavy (non-hydrogen) atoms. The van der Waals surface area contributed by atoms with E-state index in [2.05, 4.69) is 10.5 Å². The number of nitrogens with one attached hydrogen (secondary N) is 1. The molecule has 0 spiro atoms. The van der Waals surface area contributed by atoms with Gasteiger partial charge in [0.1, 0.15) is 0 Å². The highest BCUT2D eigenvalue weighted by Crippen LogP contribution is 2.24. The highest BCUT2D eigenvalue weighted by molar-refractivity contribution is 6.36. The van der Waals surface area contributed by atoms with E-state index in [1.165, 1.54) is 0 Å². The largest absolute Gasteiger partial charge is 0.369 e. The molecule has 0 fully saturated rings. The SMILES string of the molecule is NC(N)=NNC(=O)Cc1c(Cl)cccc1Cl. The van der Waals surface area contributed by atoms with Gasteiger partial charge < -0.3 is 11.5 Å². The zero-order chi connectivity index (χ0) is 12.1. The molecule has 0 bridgehead atoms. The van der Waals surface area contributed by atoms with Gasteiger partial charge in [0, 0.05) is 10.0 Å². The van der Waals surface area contributed by atoms with Crippen molar-refractivity contribution in [2.45, 2.75) is 6.42 Å². The summed E-state index contributed by atoms with van der Waals surface area (Å²) >= 11 is 11.8. The fourth-order valence-corrected chi connectivity index (χ4v) is 1.56. The second kappa shape index (κ2) is 5.58. The summed E-state index contributed by atoms with van der Waals surface area (Å²) in [5.41, 5.74) is 12.8. The normalized spacial score (nSPS) is 9.62. The molecule has 5 N–H and O–H groups in total. The van der Waals surface area contributed by atoms with Crippen molar-refractivity contribution in [2.75, 3.05) is 0 Å². The molecule has 0 aromatic heterocycles. The van der Waals surface area contributed by atoms with E-state index in [0.29, 0.717) is 15.6 Å². The number of carbonyl (C=O) groups excluding carboxylic acids is 1. The van der Waals surface area contributed by atoms with E-state index < -0.39 is 5.91 Å². The number of carbonyl (C=O) groups is 1. The third-order valence-electron chi connectivity index (χ3n) is 1.71. The Morgan fingerprint density at radius 2 is 1.88 bits per heavy atom. The van der Waals surface area contributed by atoms with Crippen LogP contribution >= 0.6 is 23.2 Å². The second-order valence-electron chi connectivity index (χ2n) is 2.95. The zero-order valence-corrected chi connectivity index (χ0v) is 9.72. The van der Waals surface area contributed by atoms with Crippen molar-refractivity contribution in [3.05, 3.63) is 33.8 Å². The average Bonchev–Trinajstić information content (AvgIpc) is 2.21. The maximum atomic E-state index is 11.4. The molecule has 0 saturated carbocycles. The third kappa shape index (κ3) is 3.60. The number of hydrazone groups is 1. The number of amides is 1. The van der Waals surface area contributed by atoms with Crippen LogP contribution in [0.1, 0.15) is 5.56 Å². The summed E-state index contributed by atoms with van der Waals surface area (Å²) in [6, 6.07) is 5.00. The molecular weight excluding hydrogens is 251 g/mol. The van der Waals surface area contributed by atoms with Crippen molar-refractivity contribution in [3.8, 4) is 0 Å². The van der Waals surface area contributed by atoms with Crippen molar-refractivity contribution in [1.29, 1.82) is 0 Å². The number of hydrogen-bond acceptors (Lipinski definition) is 2. The fraction of sp³-hybridized carbons (Fsp3) is 0.111. The van der Waals surface area contributed by atoms with Gasteiger partial charge in [0.15, 0.2) is 0 Å². The van der Waals surface area contributed by atoms with E-state index in [9.17, 15) is 4.79 Å². The highest BCUT2D eigenvalue weighted by Gasteiger charge is 2.10. The molecule has 0 heterocycles. The smallest absolute Gasteiger partial charge is 0.244 e. The molecule has 0 aliphatic heterocycles. The van der Waals surface area contributed by atoms with Crippen molar-refractivity contribution in [1.82, 2.24) is 5.43 Å². The van der Waals surface area contributed by atoms with E-state index in [1.807, 2.05) is 0 Å². The summed E-state index contributed by atoms with van der Waals surface area (Å²) in [6.07, 6.45) is 0.00921. The van der Waals surface area contributed by atoms with Crippen LogP contribution in [0.5, 0.6) is 0 Å². The summed E-state index contributed by atoms with van der Waals surface area (Å²) in [4.78, 5) is 11.4. The lowest BCUT2D eigenvalue weighted by Gasteiger charge is -2.05. The van der Waals surface area contributed by atoms with Gasteiger partial charge in [0.2, 0.25) is 11.9 Å². The number of hydrogen-bond donors (Lipinski definition) is 3. The van der Waals surface area contributed by atoms with Crippen molar-refractivity contribution < 1.29 is 4.79 Å². The van der Waals surface area contributed by atoms with Gasteiger partial charge in [-0.15, -0.1) is 5.10 Å². The molecule has 1 rings (SSSR count). The number of nitrogens with two attached hydrogens (primary N) is 2. The van der Waals surface area contributed by atoms with Crippen LogP contribution < -0.4 is 16.9 Å². The molecule has 5 nitrogen and oxygen atoms in total. The maximum absolute atomic E-state index is 11.4. The van der Waals surface area contributed by atoms with E-state index >= 15 is 0 Å². The Morgan fingerprint density at radius 3 is 2.38 bits per heavy atom. The number of halogens is 2. The van der Waals surface area contributed by atoms with Gasteiger partial charge in [-0.1, -0.05) is 29.3 Å². The predicted molar refractivity (Wildman–Crippen MR) is 64.1 cm³/mol. The van der Waals surface area contributed by atoms with E-state index in [4.69, 9.17) is 34.7 Å². The standard InChI is InChI=1S/C9H10Cl2N4O/c10-6-2-1-3-7(11)5(6)4-8(16)14-15-9(12)13/h1-3H,4H2,(H,14,16)(H4,12,13,15). The van der Waals surface area contributed by atoms with Crippen molar-refractivity contribution >= 4 is 35.1 Å². The second-order valence-corrected chi connectivity index (χ2v) is 3.76. The monoisotopic (exact) mass is 260 g/mol. The molecule has 1 aromatic carbocycles. The van der Waals surface area contributed by atoms with E-state index in [1.54, 1.807) is 18.2 Å². The molecule has 86 valence electrons. The Balaban J connectivity index is 2.74. The predicted octanol–water partition coefficient (Wildman–Crippen LogP) is 0.841. The number of rotatable bonds is 3. The lowest BCUT2D eigenvalue weighted by molar-refractivity contribution is -0.120. The van der Waals surface area contributed by atoms with Crippen LogP contribution in [0, 0.1) is 0 Å². The van der Waals surface area contributed by atoms with Crippen LogP contribution in [0.3, 0.4) is 0 Å². The van der Waals surface area contributed by atoms with Crippen LogP contribution in [0.15, 0.2) is 23.3 Å². The van der Waals surface area contributed by atoms with Crippen molar-refractivity contribution in [3.63, 3.8) is 0 Å². The van der Waals surface area contributed by atoms with Gasteiger partial charge in [-0.2, -0.15) is 0 Å². The zero-order valence-electron chi connectivity index (χ0n) is 8.21. The molecular formula is C9H10Cl2N4O. The minimum Gasteiger partial charge on any atom is -0.369 e. The first kappa shape index (κ1) is 12.6. The van der Waals surface area contributed by atoms with E-state index in [-0.39, 0.29) is 12.4 Å². The first-order valence-corrected chi connectivity index (χ1v) is 5.06. The van der Waals surface area contributed by atoms with Crippen LogP contribution in [0.2, 0.25) is 10.0 Å². The Kier molecular flexibility index (Phi) is 4.39. The van der Waals surface area contributed by atoms with Crippen molar-refractivity contribution in [2.24, 2.45) is 16.6 Å². The lowest BCUT2D eigenvalue weighted by atomic mass is 10.1. The van der Waals surface area contributed by atoms with Gasteiger partial charge >= 0.3 is 0 Å². The van der Waals surface area contributed by atoms with E-state index in [0.717, 1.165) is 0 Å². The van der Waals surface area contributed by atoms with Gasteiger partial charge in [0.25, 0.3) is 0 Å². The van der Waals surface area contributed by atoms with Crippen LogP contribution in [0.25, 0.3) is 0 Å². The summed E-state index contributed by atoms with van der Waals surface area (Å²) in [6.45, 7) is 0. The number of guanidine groups is 1. The summed E-state index contributed by atoms with van der Waals surface area (Å²) in [5.74, 6) is -0.623. The molecule has 1 amide bonds. The van der Waals surface area contributed by atoms with Gasteiger partial charge in [-0.05, 0) is 17.7 Å². The molecule has 0 saturated heterocycles. The lowest BCUT2D eigenvalue weighted by Crippen LogP contribution is -2.29. The van der Waals surface area contributed by atoms with Gasteiger partial charge in [-0.3, -0.25) is 4.79 Å². The highest BCUT2D eigenvalue weighted by atomic mass is 35.5. The minimum absolute atomic E-state index is 0.00921. The topological polar surface area (TPSA) is 93.5 Å². The molecule has 0 unspecified atom stereocenters. The molecule has 0 atom stereocenters.